The van der Waals surface area contributed by atoms with Crippen molar-refractivity contribution in [3.63, 3.8) is 0 Å². The number of ether oxygens (including phenoxy) is 2. The molecule has 11 heteroatoms. The minimum atomic E-state index is -4.51. The molecule has 0 radical (unpaired) electrons. The second-order valence-electron chi connectivity index (χ2n) is 8.25. The molecule has 0 aliphatic carbocycles. The van der Waals surface area contributed by atoms with Crippen molar-refractivity contribution in [1.29, 1.82) is 0 Å². The van der Waals surface area contributed by atoms with E-state index < -0.39 is 49.0 Å². The Kier molecular flexibility index (Phi) is 8.11. The van der Waals surface area contributed by atoms with E-state index in [1.807, 2.05) is 0 Å². The summed E-state index contributed by atoms with van der Waals surface area (Å²) in [6.45, 7) is -0.585. The molecule has 0 saturated carbocycles. The molecule has 6 unspecified atom stereocenters. The first kappa shape index (κ1) is 26.7. The lowest BCUT2D eigenvalue weighted by atomic mass is 9.85. The summed E-state index contributed by atoms with van der Waals surface area (Å²) in [7, 11) is 0. The van der Waals surface area contributed by atoms with Gasteiger partial charge >= 0.3 is 6.18 Å². The summed E-state index contributed by atoms with van der Waals surface area (Å²) in [5.41, 5.74) is -1.84. The maximum atomic E-state index is 16.0. The van der Waals surface area contributed by atoms with Gasteiger partial charge in [0.1, 0.15) is 30.2 Å². The lowest BCUT2D eigenvalue weighted by Crippen LogP contribution is -2.54. The van der Waals surface area contributed by atoms with Crippen molar-refractivity contribution in [1.82, 2.24) is 0 Å². The molecule has 6 nitrogen and oxygen atoms in total. The Balaban J connectivity index is 1.89. The van der Waals surface area contributed by atoms with Gasteiger partial charge in [-0.1, -0.05) is 29.8 Å². The molecule has 3 rings (SSSR count). The Morgan fingerprint density at radius 1 is 0.971 bits per heavy atom. The molecule has 34 heavy (non-hydrogen) atoms. The molecule has 0 bridgehead atoms. The van der Waals surface area contributed by atoms with Gasteiger partial charge in [0.15, 0.2) is 12.3 Å². The SMILES string of the molecule is CC(F)(c1ccc(OCC(F)(F)F)cc1)c1cc(C2OC(CCO)C(O)C(O)C2O)ccc1Cl. The lowest BCUT2D eigenvalue weighted by Gasteiger charge is -2.41. The average Bonchev–Trinajstić information content (AvgIpc) is 2.78. The standard InChI is InChI=1S/C23H25ClF4O6/c1-22(25,13-3-5-14(6-4-13)33-11-23(26,27)28)15-10-12(2-7-16(15)24)21-20(32)19(31)18(30)17(34-21)8-9-29/h2-7,10,17-21,29-32H,8-9,11H2,1H3. The number of aliphatic hydroxyl groups excluding tert-OH is 4. The molecule has 0 amide bonds. The van der Waals surface area contributed by atoms with Gasteiger partial charge in [0.05, 0.1) is 6.10 Å². The first-order valence-corrected chi connectivity index (χ1v) is 10.8. The van der Waals surface area contributed by atoms with Crippen LogP contribution in [0.1, 0.15) is 36.1 Å². The summed E-state index contributed by atoms with van der Waals surface area (Å²) in [5, 5.41) is 40.0. The maximum Gasteiger partial charge on any atom is 0.422 e. The van der Waals surface area contributed by atoms with Crippen molar-refractivity contribution >= 4 is 11.6 Å². The fourth-order valence-electron chi connectivity index (χ4n) is 3.86. The van der Waals surface area contributed by atoms with Crippen LogP contribution in [-0.4, -0.2) is 64.2 Å². The molecule has 1 heterocycles. The number of rotatable bonds is 7. The van der Waals surface area contributed by atoms with Crippen LogP contribution in [0.25, 0.3) is 0 Å². The fraction of sp³-hybridized carbons (Fsp3) is 0.478. The van der Waals surface area contributed by atoms with Gasteiger partial charge in [-0.15, -0.1) is 0 Å². The quantitative estimate of drug-likeness (QED) is 0.428. The highest BCUT2D eigenvalue weighted by atomic mass is 35.5. The van der Waals surface area contributed by atoms with E-state index in [9.17, 15) is 33.6 Å². The van der Waals surface area contributed by atoms with E-state index in [0.717, 1.165) is 0 Å². The highest BCUT2D eigenvalue weighted by Gasteiger charge is 2.44. The van der Waals surface area contributed by atoms with Gasteiger partial charge in [-0.3, -0.25) is 0 Å². The van der Waals surface area contributed by atoms with Gasteiger partial charge in [0.2, 0.25) is 0 Å². The normalized spacial score (nSPS) is 27.3. The van der Waals surface area contributed by atoms with Crippen LogP contribution in [0.4, 0.5) is 17.6 Å². The van der Waals surface area contributed by atoms with Crippen molar-refractivity contribution in [3.8, 4) is 5.75 Å². The highest BCUT2D eigenvalue weighted by Crippen LogP contribution is 2.41. The van der Waals surface area contributed by atoms with E-state index in [-0.39, 0.29) is 40.5 Å². The first-order chi connectivity index (χ1) is 15.8. The van der Waals surface area contributed by atoms with Gasteiger partial charge in [-0.05, 0) is 48.7 Å². The zero-order chi connectivity index (χ0) is 25.3. The zero-order valence-corrected chi connectivity index (χ0v) is 18.8. The van der Waals surface area contributed by atoms with Crippen molar-refractivity contribution in [2.45, 2.75) is 55.7 Å². The molecule has 1 fully saturated rings. The summed E-state index contributed by atoms with van der Waals surface area (Å²) in [6.07, 6.45) is -11.1. The molecular formula is C23H25ClF4O6. The minimum absolute atomic E-state index is 0.00543. The molecule has 0 spiro atoms. The predicted molar refractivity (Wildman–Crippen MR) is 114 cm³/mol. The van der Waals surface area contributed by atoms with E-state index in [2.05, 4.69) is 4.74 Å². The molecule has 2 aromatic carbocycles. The molecular weight excluding hydrogens is 484 g/mol. The van der Waals surface area contributed by atoms with Crippen LogP contribution < -0.4 is 4.74 Å². The van der Waals surface area contributed by atoms with E-state index in [1.165, 1.54) is 49.4 Å². The molecule has 1 aliphatic heterocycles. The van der Waals surface area contributed by atoms with Gasteiger partial charge in [-0.2, -0.15) is 13.2 Å². The van der Waals surface area contributed by atoms with E-state index in [0.29, 0.717) is 0 Å². The average molecular weight is 509 g/mol. The van der Waals surface area contributed by atoms with Crippen molar-refractivity contribution in [2.75, 3.05) is 13.2 Å². The summed E-state index contributed by atoms with van der Waals surface area (Å²) >= 11 is 6.25. The largest absolute Gasteiger partial charge is 0.484 e. The number of alkyl halides is 4. The summed E-state index contributed by atoms with van der Waals surface area (Å²) in [4.78, 5) is 0. The van der Waals surface area contributed by atoms with Gasteiger partial charge in [-0.25, -0.2) is 4.39 Å². The number of hydrogen-bond acceptors (Lipinski definition) is 6. The Morgan fingerprint density at radius 2 is 1.62 bits per heavy atom. The Hall–Kier alpha value is -1.95. The van der Waals surface area contributed by atoms with Crippen LogP contribution in [-0.2, 0) is 10.4 Å². The molecule has 0 aromatic heterocycles. The Labute approximate surface area is 198 Å². The van der Waals surface area contributed by atoms with Crippen LogP contribution in [0.15, 0.2) is 42.5 Å². The number of aliphatic hydroxyl groups is 4. The first-order valence-electron chi connectivity index (χ1n) is 10.4. The van der Waals surface area contributed by atoms with E-state index >= 15 is 4.39 Å². The number of benzene rings is 2. The van der Waals surface area contributed by atoms with E-state index in [1.54, 1.807) is 0 Å². The van der Waals surface area contributed by atoms with Crippen LogP contribution in [0.2, 0.25) is 5.02 Å². The number of hydrogen-bond donors (Lipinski definition) is 4. The molecule has 1 saturated heterocycles. The molecule has 6 atom stereocenters. The third-order valence-electron chi connectivity index (χ3n) is 5.75. The van der Waals surface area contributed by atoms with Crippen LogP contribution in [0.3, 0.4) is 0 Å². The summed E-state index contributed by atoms with van der Waals surface area (Å²) in [5.74, 6) is -0.0853. The number of halogens is 5. The monoisotopic (exact) mass is 508 g/mol. The van der Waals surface area contributed by atoms with Crippen molar-refractivity contribution in [3.05, 3.63) is 64.2 Å². The molecule has 2 aromatic rings. The fourth-order valence-corrected chi connectivity index (χ4v) is 4.15. The molecule has 188 valence electrons. The van der Waals surface area contributed by atoms with Crippen molar-refractivity contribution in [2.24, 2.45) is 0 Å². The van der Waals surface area contributed by atoms with Gasteiger partial charge < -0.3 is 29.9 Å². The predicted octanol–water partition coefficient (Wildman–Crippen LogP) is 3.42. The van der Waals surface area contributed by atoms with Gasteiger partial charge in [0, 0.05) is 17.2 Å². The maximum absolute atomic E-state index is 16.0. The minimum Gasteiger partial charge on any atom is -0.484 e. The second-order valence-corrected chi connectivity index (χ2v) is 8.66. The van der Waals surface area contributed by atoms with Crippen LogP contribution in [0, 0.1) is 0 Å². The van der Waals surface area contributed by atoms with Crippen LogP contribution >= 0.6 is 11.6 Å². The second kappa shape index (κ2) is 10.3. The third-order valence-corrected chi connectivity index (χ3v) is 6.08. The van der Waals surface area contributed by atoms with Gasteiger partial charge in [0.25, 0.3) is 0 Å². The summed E-state index contributed by atoms with van der Waals surface area (Å²) < 4.78 is 63.3. The lowest BCUT2D eigenvalue weighted by molar-refractivity contribution is -0.227. The van der Waals surface area contributed by atoms with Crippen molar-refractivity contribution < 1.29 is 47.5 Å². The Bertz CT molecular complexity index is 969. The third kappa shape index (κ3) is 5.81. The molecule has 1 aliphatic rings. The van der Waals surface area contributed by atoms with Crippen LogP contribution in [0.5, 0.6) is 5.75 Å². The highest BCUT2D eigenvalue weighted by molar-refractivity contribution is 6.31. The molecule has 4 N–H and O–H groups in total. The zero-order valence-electron chi connectivity index (χ0n) is 18.0. The topological polar surface area (TPSA) is 99.4 Å². The van der Waals surface area contributed by atoms with E-state index in [4.69, 9.17) is 16.3 Å². The Morgan fingerprint density at radius 3 is 2.21 bits per heavy atom. The summed E-state index contributed by atoms with van der Waals surface area (Å²) in [6, 6.07) is 9.19. The smallest absolute Gasteiger partial charge is 0.422 e.